The predicted octanol–water partition coefficient (Wildman–Crippen LogP) is 5.26. The smallest absolute Gasteiger partial charge is 0.333 e. The van der Waals surface area contributed by atoms with E-state index < -0.39 is 0 Å². The Morgan fingerprint density at radius 3 is 2.26 bits per heavy atom. The summed E-state index contributed by atoms with van der Waals surface area (Å²) in [5, 5.41) is 3.35. The Hall–Kier alpha value is -4.62. The summed E-state index contributed by atoms with van der Waals surface area (Å²) in [7, 11) is 1.80. The number of fused-ring (bicyclic) bond motifs is 1. The first kappa shape index (κ1) is 24.7. The summed E-state index contributed by atoms with van der Waals surface area (Å²) in [5.74, 6) is 0.767. The monoisotopic (exact) mass is 518 g/mol. The Balaban J connectivity index is 1.39. The highest BCUT2D eigenvalue weighted by molar-refractivity contribution is 5.83. The Morgan fingerprint density at radius 2 is 1.56 bits per heavy atom. The molecule has 3 aromatic carbocycles. The molecular formula is C32H30N4O3. The molecule has 196 valence electrons. The highest BCUT2D eigenvalue weighted by Gasteiger charge is 2.19. The third kappa shape index (κ3) is 5.22. The van der Waals surface area contributed by atoms with E-state index in [1.165, 1.54) is 5.57 Å². The highest BCUT2D eigenvalue weighted by atomic mass is 16.5. The molecule has 0 saturated carbocycles. The fraction of sp³-hybridized carbons (Fsp3) is 0.188. The second-order valence-electron chi connectivity index (χ2n) is 9.59. The van der Waals surface area contributed by atoms with Gasteiger partial charge >= 0.3 is 5.69 Å². The number of benzene rings is 3. The van der Waals surface area contributed by atoms with Gasteiger partial charge in [0.2, 0.25) is 11.8 Å². The fourth-order valence-electron chi connectivity index (χ4n) is 4.88. The number of pyridine rings is 1. The largest absolute Gasteiger partial charge is 0.473 e. The summed E-state index contributed by atoms with van der Waals surface area (Å²) in [6.07, 6.45) is 3.18. The molecule has 0 bridgehead atoms. The van der Waals surface area contributed by atoms with Crippen molar-refractivity contribution in [3.05, 3.63) is 124 Å². The van der Waals surface area contributed by atoms with Crippen LogP contribution in [0.1, 0.15) is 23.1 Å². The summed E-state index contributed by atoms with van der Waals surface area (Å²) in [6, 6.07) is 29.7. The van der Waals surface area contributed by atoms with Crippen LogP contribution in [0.15, 0.2) is 102 Å². The van der Waals surface area contributed by atoms with Crippen LogP contribution < -0.4 is 20.5 Å². The Kier molecular flexibility index (Phi) is 6.97. The highest BCUT2D eigenvalue weighted by Crippen LogP contribution is 2.30. The van der Waals surface area contributed by atoms with E-state index >= 15 is 0 Å². The summed E-state index contributed by atoms with van der Waals surface area (Å²) in [5.41, 5.74) is 6.55. The van der Waals surface area contributed by atoms with Crippen molar-refractivity contribution < 1.29 is 9.47 Å². The molecule has 5 aromatic rings. The van der Waals surface area contributed by atoms with Gasteiger partial charge in [-0.2, -0.15) is 4.98 Å². The number of hydrogen-bond acceptors (Lipinski definition) is 5. The van der Waals surface area contributed by atoms with Crippen LogP contribution in [0.4, 0.5) is 0 Å². The van der Waals surface area contributed by atoms with Gasteiger partial charge < -0.3 is 14.8 Å². The van der Waals surface area contributed by atoms with Crippen LogP contribution in [-0.4, -0.2) is 27.2 Å². The van der Waals surface area contributed by atoms with E-state index in [1.807, 2.05) is 72.8 Å². The SMILES string of the molecule is Cn1c(=O)n(-c2ccc(OCc3ccccc3)nc2OCc2ccccc2)c2ccc(C3=CCNCC3)cc21. The topological polar surface area (TPSA) is 70.3 Å². The van der Waals surface area contributed by atoms with Crippen LogP contribution in [-0.2, 0) is 20.3 Å². The van der Waals surface area contributed by atoms with Gasteiger partial charge in [-0.3, -0.25) is 9.13 Å². The van der Waals surface area contributed by atoms with Crippen molar-refractivity contribution in [1.82, 2.24) is 19.4 Å². The first-order chi connectivity index (χ1) is 19.2. The first-order valence-corrected chi connectivity index (χ1v) is 13.1. The molecule has 1 aliphatic heterocycles. The number of nitrogens with one attached hydrogen (secondary N) is 1. The molecule has 6 rings (SSSR count). The number of ether oxygens (including phenoxy) is 2. The third-order valence-corrected chi connectivity index (χ3v) is 6.99. The molecule has 1 N–H and O–H groups in total. The van der Waals surface area contributed by atoms with Gasteiger partial charge in [0.25, 0.3) is 0 Å². The zero-order valence-electron chi connectivity index (χ0n) is 21.8. The van der Waals surface area contributed by atoms with Crippen molar-refractivity contribution in [2.75, 3.05) is 13.1 Å². The minimum Gasteiger partial charge on any atom is -0.473 e. The number of rotatable bonds is 8. The van der Waals surface area contributed by atoms with Crippen LogP contribution in [0.3, 0.4) is 0 Å². The van der Waals surface area contributed by atoms with Crippen molar-refractivity contribution in [1.29, 1.82) is 0 Å². The van der Waals surface area contributed by atoms with E-state index in [0.717, 1.165) is 47.2 Å². The molecule has 0 saturated heterocycles. The number of aromatic nitrogens is 3. The molecular weight excluding hydrogens is 488 g/mol. The number of imidazole rings is 1. The summed E-state index contributed by atoms with van der Waals surface area (Å²) >= 11 is 0. The first-order valence-electron chi connectivity index (χ1n) is 13.1. The lowest BCUT2D eigenvalue weighted by atomic mass is 10.00. The maximum atomic E-state index is 13.6. The van der Waals surface area contributed by atoms with Gasteiger partial charge in [0.05, 0.1) is 11.0 Å². The van der Waals surface area contributed by atoms with Gasteiger partial charge in [0, 0.05) is 19.7 Å². The van der Waals surface area contributed by atoms with Gasteiger partial charge in [-0.25, -0.2) is 4.79 Å². The molecule has 0 amide bonds. The minimum absolute atomic E-state index is 0.161. The minimum atomic E-state index is -0.161. The standard InChI is InChI=1S/C32H30N4O3/c1-35-29-20-26(25-16-18-33-19-17-25)12-13-27(29)36(32(35)37)28-14-15-30(38-21-23-8-4-2-5-9-23)34-31(28)39-22-24-10-6-3-7-11-24/h2-16,20,33H,17-19,21-22H2,1H3. The average molecular weight is 519 g/mol. The number of hydrogen-bond donors (Lipinski definition) is 1. The van der Waals surface area contributed by atoms with Crippen molar-refractivity contribution in [3.63, 3.8) is 0 Å². The molecule has 0 atom stereocenters. The van der Waals surface area contributed by atoms with E-state index in [4.69, 9.17) is 14.5 Å². The van der Waals surface area contributed by atoms with Gasteiger partial charge in [-0.05, 0) is 53.4 Å². The molecule has 39 heavy (non-hydrogen) atoms. The van der Waals surface area contributed by atoms with E-state index in [0.29, 0.717) is 30.7 Å². The second kappa shape index (κ2) is 11.0. The fourth-order valence-corrected chi connectivity index (χ4v) is 4.88. The predicted molar refractivity (Wildman–Crippen MR) is 153 cm³/mol. The molecule has 0 radical (unpaired) electrons. The lowest BCUT2D eigenvalue weighted by Crippen LogP contribution is -2.21. The molecule has 0 aliphatic carbocycles. The van der Waals surface area contributed by atoms with Crippen LogP contribution in [0.5, 0.6) is 11.8 Å². The second-order valence-corrected chi connectivity index (χ2v) is 9.59. The Morgan fingerprint density at radius 1 is 0.846 bits per heavy atom. The van der Waals surface area contributed by atoms with E-state index in [9.17, 15) is 4.79 Å². The lowest BCUT2D eigenvalue weighted by Gasteiger charge is -2.15. The molecule has 3 heterocycles. The third-order valence-electron chi connectivity index (χ3n) is 6.99. The maximum absolute atomic E-state index is 13.6. The normalized spacial score (nSPS) is 13.3. The van der Waals surface area contributed by atoms with Crippen LogP contribution >= 0.6 is 0 Å². The van der Waals surface area contributed by atoms with Gasteiger partial charge in [-0.1, -0.05) is 72.8 Å². The number of aryl methyl sites for hydroxylation is 1. The van der Waals surface area contributed by atoms with Crippen LogP contribution in [0.25, 0.3) is 22.3 Å². The van der Waals surface area contributed by atoms with Crippen LogP contribution in [0, 0.1) is 0 Å². The van der Waals surface area contributed by atoms with Gasteiger partial charge in [0.15, 0.2) is 0 Å². The number of nitrogens with zero attached hydrogens (tertiary/aromatic N) is 3. The molecule has 7 heteroatoms. The van der Waals surface area contributed by atoms with E-state index in [1.54, 1.807) is 22.2 Å². The maximum Gasteiger partial charge on any atom is 0.333 e. The Labute approximate surface area is 227 Å². The zero-order chi connectivity index (χ0) is 26.6. The molecule has 2 aromatic heterocycles. The molecule has 0 spiro atoms. The molecule has 1 aliphatic rings. The zero-order valence-corrected chi connectivity index (χ0v) is 21.8. The van der Waals surface area contributed by atoms with Crippen molar-refractivity contribution in [2.45, 2.75) is 19.6 Å². The van der Waals surface area contributed by atoms with E-state index in [2.05, 4.69) is 23.5 Å². The van der Waals surface area contributed by atoms with Crippen molar-refractivity contribution in [3.8, 4) is 17.4 Å². The Bertz CT molecular complexity index is 1690. The molecule has 0 unspecified atom stereocenters. The van der Waals surface area contributed by atoms with Crippen molar-refractivity contribution >= 4 is 16.6 Å². The summed E-state index contributed by atoms with van der Waals surface area (Å²) in [4.78, 5) is 18.3. The quantitative estimate of drug-likeness (QED) is 0.304. The summed E-state index contributed by atoms with van der Waals surface area (Å²) < 4.78 is 15.6. The molecule has 7 nitrogen and oxygen atoms in total. The van der Waals surface area contributed by atoms with Crippen molar-refractivity contribution in [2.24, 2.45) is 7.05 Å². The van der Waals surface area contributed by atoms with Gasteiger partial charge in [0.1, 0.15) is 18.9 Å². The average Bonchev–Trinajstić information content (AvgIpc) is 3.25. The summed E-state index contributed by atoms with van der Waals surface area (Å²) in [6.45, 7) is 2.51. The van der Waals surface area contributed by atoms with Crippen LogP contribution in [0.2, 0.25) is 0 Å². The van der Waals surface area contributed by atoms with E-state index in [-0.39, 0.29) is 5.69 Å². The van der Waals surface area contributed by atoms with Gasteiger partial charge in [-0.15, -0.1) is 0 Å². The lowest BCUT2D eigenvalue weighted by molar-refractivity contribution is 0.267. The molecule has 0 fully saturated rings.